The smallest absolute Gasteiger partial charge is 0.323 e. The predicted molar refractivity (Wildman–Crippen MR) is 74.6 cm³/mol. The van der Waals surface area contributed by atoms with Gasteiger partial charge in [-0.2, -0.15) is 0 Å². The second-order valence-corrected chi connectivity index (χ2v) is 4.77. The molecule has 3 N–H and O–H groups in total. The van der Waals surface area contributed by atoms with Gasteiger partial charge >= 0.3 is 5.97 Å². The molecule has 0 aliphatic carbocycles. The molecule has 116 valence electrons. The number of rotatable bonds is 8. The number of methoxy groups -OCH3 is 1. The Morgan fingerprint density at radius 3 is 2.67 bits per heavy atom. The Morgan fingerprint density at radius 1 is 1.48 bits per heavy atom. The molecule has 1 rings (SSSR count). The van der Waals surface area contributed by atoms with Crippen LogP contribution in [0.2, 0.25) is 0 Å². The Balaban J connectivity index is 2.60. The van der Waals surface area contributed by atoms with Crippen LogP contribution in [0.5, 0.6) is 11.5 Å². The second-order valence-electron chi connectivity index (χ2n) is 4.77. The topological polar surface area (TPSA) is 125 Å². The number of carbonyl (C=O) groups is 1. The van der Waals surface area contributed by atoms with Crippen molar-refractivity contribution in [2.24, 2.45) is 5.73 Å². The molecule has 0 saturated heterocycles. The van der Waals surface area contributed by atoms with E-state index in [9.17, 15) is 14.9 Å². The zero-order chi connectivity index (χ0) is 16.0. The van der Waals surface area contributed by atoms with Crippen molar-refractivity contribution in [2.75, 3.05) is 13.7 Å². The van der Waals surface area contributed by atoms with Gasteiger partial charge in [0.2, 0.25) is 0 Å². The lowest BCUT2D eigenvalue weighted by Gasteiger charge is -2.19. The lowest BCUT2D eigenvalue weighted by molar-refractivity contribution is -0.385. The van der Waals surface area contributed by atoms with Crippen LogP contribution in [-0.4, -0.2) is 35.3 Å². The van der Waals surface area contributed by atoms with E-state index in [0.29, 0.717) is 12.2 Å². The molecule has 0 amide bonds. The average molecular weight is 298 g/mol. The van der Waals surface area contributed by atoms with Crippen LogP contribution >= 0.6 is 0 Å². The first-order valence-corrected chi connectivity index (χ1v) is 6.25. The van der Waals surface area contributed by atoms with Crippen molar-refractivity contribution in [3.8, 4) is 11.5 Å². The first-order chi connectivity index (χ1) is 9.77. The number of nitrogens with two attached hydrogens (primary N) is 1. The molecule has 1 unspecified atom stereocenters. The number of non-ortho nitro benzene ring substituents is 1. The number of nitrogens with zero attached hydrogens (tertiary/aromatic N) is 1. The number of hydrogen-bond acceptors (Lipinski definition) is 6. The Morgan fingerprint density at radius 2 is 2.14 bits per heavy atom. The van der Waals surface area contributed by atoms with E-state index in [1.807, 2.05) is 0 Å². The van der Waals surface area contributed by atoms with Crippen LogP contribution in [0.1, 0.15) is 19.8 Å². The highest BCUT2D eigenvalue weighted by Crippen LogP contribution is 2.31. The molecular formula is C13H18N2O6. The summed E-state index contributed by atoms with van der Waals surface area (Å²) in [7, 11) is 1.38. The number of ether oxygens (including phenoxy) is 2. The minimum atomic E-state index is -1.30. The maximum Gasteiger partial charge on any atom is 0.323 e. The third-order valence-corrected chi connectivity index (χ3v) is 2.94. The third-order valence-electron chi connectivity index (χ3n) is 2.94. The van der Waals surface area contributed by atoms with E-state index in [1.165, 1.54) is 32.2 Å². The molecule has 1 atom stereocenters. The maximum absolute atomic E-state index is 10.8. The molecule has 0 spiro atoms. The van der Waals surface area contributed by atoms with Crippen molar-refractivity contribution in [3.05, 3.63) is 28.3 Å². The van der Waals surface area contributed by atoms with Gasteiger partial charge in [0.15, 0.2) is 11.5 Å². The number of nitro groups is 1. The van der Waals surface area contributed by atoms with Crippen molar-refractivity contribution < 1.29 is 24.3 Å². The summed E-state index contributed by atoms with van der Waals surface area (Å²) in [6.07, 6.45) is 0.678. The largest absolute Gasteiger partial charge is 0.493 e. The molecular weight excluding hydrogens is 280 g/mol. The highest BCUT2D eigenvalue weighted by Gasteiger charge is 2.27. The number of aliphatic carboxylic acids is 1. The van der Waals surface area contributed by atoms with Gasteiger partial charge in [0.25, 0.3) is 5.69 Å². The predicted octanol–water partition coefficient (Wildman–Crippen LogP) is 1.56. The highest BCUT2D eigenvalue weighted by atomic mass is 16.6. The maximum atomic E-state index is 10.8. The summed E-state index contributed by atoms with van der Waals surface area (Å²) in [6.45, 7) is 1.66. The van der Waals surface area contributed by atoms with Crippen LogP contribution in [0.15, 0.2) is 18.2 Å². The zero-order valence-corrected chi connectivity index (χ0v) is 11.9. The summed E-state index contributed by atoms with van der Waals surface area (Å²) in [5.41, 5.74) is 4.19. The Hall–Kier alpha value is -2.35. The van der Waals surface area contributed by atoms with Crippen LogP contribution < -0.4 is 15.2 Å². The van der Waals surface area contributed by atoms with E-state index >= 15 is 0 Å². The Labute approximate surface area is 121 Å². The van der Waals surface area contributed by atoms with Gasteiger partial charge in [-0.05, 0) is 25.8 Å². The summed E-state index contributed by atoms with van der Waals surface area (Å²) >= 11 is 0. The monoisotopic (exact) mass is 298 g/mol. The molecule has 21 heavy (non-hydrogen) atoms. The van der Waals surface area contributed by atoms with Gasteiger partial charge in [0.05, 0.1) is 24.7 Å². The van der Waals surface area contributed by atoms with Gasteiger partial charge in [0.1, 0.15) is 5.54 Å². The first kappa shape index (κ1) is 16.7. The molecule has 0 bridgehead atoms. The Bertz CT molecular complexity index is 529. The summed E-state index contributed by atoms with van der Waals surface area (Å²) in [6, 6.07) is 4.01. The van der Waals surface area contributed by atoms with Gasteiger partial charge in [-0.3, -0.25) is 14.9 Å². The first-order valence-electron chi connectivity index (χ1n) is 6.25. The molecule has 1 aromatic carbocycles. The van der Waals surface area contributed by atoms with E-state index in [1.54, 1.807) is 0 Å². The SMILES string of the molecule is COc1cc([N+](=O)[O-])ccc1OCCCC(C)(N)C(=O)O. The van der Waals surface area contributed by atoms with Gasteiger partial charge in [-0.1, -0.05) is 0 Å². The fraction of sp³-hybridized carbons (Fsp3) is 0.462. The number of carboxylic acid groups (broad SMARTS) is 1. The number of carboxylic acids is 1. The molecule has 0 fully saturated rings. The quantitative estimate of drug-likeness (QED) is 0.424. The zero-order valence-electron chi connectivity index (χ0n) is 11.9. The summed E-state index contributed by atoms with van der Waals surface area (Å²) in [5, 5.41) is 19.5. The molecule has 0 aliphatic rings. The van der Waals surface area contributed by atoms with Crippen LogP contribution in [0.25, 0.3) is 0 Å². The van der Waals surface area contributed by atoms with Gasteiger partial charge in [0, 0.05) is 6.07 Å². The standard InChI is InChI=1S/C13H18N2O6/c1-13(14,12(16)17)6-3-7-21-10-5-4-9(15(18)19)8-11(10)20-2/h4-5,8H,3,6-7,14H2,1-2H3,(H,16,17). The van der Waals surface area contributed by atoms with Crippen LogP contribution in [-0.2, 0) is 4.79 Å². The van der Waals surface area contributed by atoms with Crippen LogP contribution in [0.3, 0.4) is 0 Å². The fourth-order valence-electron chi connectivity index (χ4n) is 1.62. The fourth-order valence-corrected chi connectivity index (χ4v) is 1.62. The summed E-state index contributed by atoms with van der Waals surface area (Å²) in [4.78, 5) is 21.0. The molecule has 8 nitrogen and oxygen atoms in total. The summed E-state index contributed by atoms with van der Waals surface area (Å²) < 4.78 is 10.5. The Kier molecular flexibility index (Phi) is 5.48. The van der Waals surface area contributed by atoms with Gasteiger partial charge < -0.3 is 20.3 Å². The van der Waals surface area contributed by atoms with Crippen LogP contribution in [0, 0.1) is 10.1 Å². The number of hydrogen-bond donors (Lipinski definition) is 2. The average Bonchev–Trinajstić information content (AvgIpc) is 2.43. The molecule has 0 aromatic heterocycles. The van der Waals surface area contributed by atoms with Crippen molar-refractivity contribution in [2.45, 2.75) is 25.3 Å². The summed E-state index contributed by atoms with van der Waals surface area (Å²) in [5.74, 6) is -0.467. The van der Waals surface area contributed by atoms with E-state index in [-0.39, 0.29) is 24.5 Å². The van der Waals surface area contributed by atoms with Crippen molar-refractivity contribution in [3.63, 3.8) is 0 Å². The lowest BCUT2D eigenvalue weighted by atomic mass is 9.98. The van der Waals surface area contributed by atoms with E-state index in [2.05, 4.69) is 0 Å². The molecule has 1 aromatic rings. The van der Waals surface area contributed by atoms with E-state index in [0.717, 1.165) is 0 Å². The molecule has 0 radical (unpaired) electrons. The molecule has 0 heterocycles. The minimum Gasteiger partial charge on any atom is -0.493 e. The third kappa shape index (κ3) is 4.60. The van der Waals surface area contributed by atoms with Crippen LogP contribution in [0.4, 0.5) is 5.69 Å². The minimum absolute atomic E-state index is 0.0976. The normalized spacial score (nSPS) is 13.3. The lowest BCUT2D eigenvalue weighted by Crippen LogP contribution is -2.44. The van der Waals surface area contributed by atoms with E-state index in [4.69, 9.17) is 20.3 Å². The van der Waals surface area contributed by atoms with Crippen molar-refractivity contribution >= 4 is 11.7 Å². The van der Waals surface area contributed by atoms with Gasteiger partial charge in [-0.25, -0.2) is 0 Å². The second kappa shape index (κ2) is 6.89. The molecule has 8 heteroatoms. The number of nitro benzene ring substituents is 1. The highest BCUT2D eigenvalue weighted by molar-refractivity contribution is 5.77. The number of benzene rings is 1. The molecule has 0 saturated carbocycles. The van der Waals surface area contributed by atoms with Crippen molar-refractivity contribution in [1.82, 2.24) is 0 Å². The van der Waals surface area contributed by atoms with E-state index < -0.39 is 16.4 Å². The van der Waals surface area contributed by atoms with Gasteiger partial charge in [-0.15, -0.1) is 0 Å². The molecule has 0 aliphatic heterocycles. The van der Waals surface area contributed by atoms with Crippen molar-refractivity contribution in [1.29, 1.82) is 0 Å².